The molecule has 4 aliphatic carbocycles. The Hall–Kier alpha value is -1.71. The van der Waals surface area contributed by atoms with Crippen molar-refractivity contribution in [2.24, 2.45) is 23.2 Å². The average Bonchev–Trinajstić information content (AvgIpc) is 2.85. The van der Waals surface area contributed by atoms with E-state index < -0.39 is 0 Å². The maximum Gasteiger partial charge on any atom is 0.205 e. The lowest BCUT2D eigenvalue weighted by Gasteiger charge is -2.48. The molecular formula is C19H23NO3. The van der Waals surface area contributed by atoms with E-state index in [1.54, 1.807) is 7.05 Å². The lowest BCUT2D eigenvalue weighted by Crippen LogP contribution is -2.46. The highest BCUT2D eigenvalue weighted by molar-refractivity contribution is 6.22. The van der Waals surface area contributed by atoms with Gasteiger partial charge >= 0.3 is 0 Å². The van der Waals surface area contributed by atoms with E-state index in [4.69, 9.17) is 0 Å². The van der Waals surface area contributed by atoms with E-state index in [1.807, 2.05) is 0 Å². The summed E-state index contributed by atoms with van der Waals surface area (Å²) in [6, 6.07) is 0. The van der Waals surface area contributed by atoms with E-state index >= 15 is 0 Å². The van der Waals surface area contributed by atoms with Crippen molar-refractivity contribution in [3.63, 3.8) is 0 Å². The molecule has 0 saturated heterocycles. The van der Waals surface area contributed by atoms with E-state index in [1.165, 1.54) is 6.08 Å². The Balaban J connectivity index is 1.74. The first-order chi connectivity index (χ1) is 11.0. The standard InChI is InChI=1S/C19H23NO3/c1-19-8-7-11-10(13(19)5-6-16(19)22)3-4-12-15(21)9-14(20-2)18(23)17(11)12/h9-11,13,20H,3-8H2,1-2H3. The van der Waals surface area contributed by atoms with Crippen LogP contribution in [0.3, 0.4) is 0 Å². The summed E-state index contributed by atoms with van der Waals surface area (Å²) in [4.78, 5) is 37.5. The molecular weight excluding hydrogens is 290 g/mol. The topological polar surface area (TPSA) is 63.2 Å². The molecule has 0 aromatic heterocycles. The summed E-state index contributed by atoms with van der Waals surface area (Å²) in [6.07, 6.45) is 6.44. The zero-order valence-corrected chi connectivity index (χ0v) is 13.8. The van der Waals surface area contributed by atoms with Crippen LogP contribution in [0.5, 0.6) is 0 Å². The Morgan fingerprint density at radius 1 is 1.13 bits per heavy atom. The molecule has 4 heteroatoms. The third kappa shape index (κ3) is 1.87. The van der Waals surface area contributed by atoms with Crippen molar-refractivity contribution in [1.29, 1.82) is 0 Å². The highest BCUT2D eigenvalue weighted by atomic mass is 16.1. The molecule has 0 aromatic rings. The van der Waals surface area contributed by atoms with Gasteiger partial charge in [-0.2, -0.15) is 0 Å². The van der Waals surface area contributed by atoms with Gasteiger partial charge in [0.05, 0.1) is 5.70 Å². The molecule has 0 bridgehead atoms. The number of hydrogen-bond donors (Lipinski definition) is 1. The molecule has 2 saturated carbocycles. The summed E-state index contributed by atoms with van der Waals surface area (Å²) >= 11 is 0. The number of allylic oxidation sites excluding steroid dienone is 3. The number of likely N-dealkylation sites (N-methyl/N-ethyl adjacent to an activating group) is 1. The number of fused-ring (bicyclic) bond motifs is 4. The van der Waals surface area contributed by atoms with Gasteiger partial charge in [-0.1, -0.05) is 6.92 Å². The Morgan fingerprint density at radius 2 is 1.91 bits per heavy atom. The van der Waals surface area contributed by atoms with Crippen LogP contribution < -0.4 is 5.32 Å². The van der Waals surface area contributed by atoms with Crippen LogP contribution in [0, 0.1) is 23.2 Å². The number of nitrogens with one attached hydrogen (secondary N) is 1. The molecule has 0 radical (unpaired) electrons. The van der Waals surface area contributed by atoms with Gasteiger partial charge in [-0.05, 0) is 49.9 Å². The molecule has 0 spiro atoms. The molecule has 4 atom stereocenters. The van der Waals surface area contributed by atoms with Crippen molar-refractivity contribution in [1.82, 2.24) is 5.32 Å². The molecule has 4 nitrogen and oxygen atoms in total. The van der Waals surface area contributed by atoms with E-state index in [0.29, 0.717) is 36.2 Å². The molecule has 0 aromatic carbocycles. The first kappa shape index (κ1) is 14.9. The summed E-state index contributed by atoms with van der Waals surface area (Å²) in [5.41, 5.74) is 1.73. The summed E-state index contributed by atoms with van der Waals surface area (Å²) in [7, 11) is 1.69. The van der Waals surface area contributed by atoms with Crippen molar-refractivity contribution in [2.75, 3.05) is 7.05 Å². The van der Waals surface area contributed by atoms with Crippen LogP contribution >= 0.6 is 0 Å². The smallest absolute Gasteiger partial charge is 0.205 e. The zero-order valence-electron chi connectivity index (χ0n) is 13.8. The summed E-state index contributed by atoms with van der Waals surface area (Å²) in [5, 5.41) is 2.88. The fourth-order valence-electron chi connectivity index (χ4n) is 5.66. The van der Waals surface area contributed by atoms with Gasteiger partial charge in [0.1, 0.15) is 5.78 Å². The molecule has 0 heterocycles. The lowest BCUT2D eigenvalue weighted by atomic mass is 9.54. The third-order valence-electron chi connectivity index (χ3n) is 6.90. The Kier molecular flexibility index (Phi) is 3.16. The van der Waals surface area contributed by atoms with Gasteiger partial charge in [-0.15, -0.1) is 0 Å². The fourth-order valence-corrected chi connectivity index (χ4v) is 5.66. The minimum absolute atomic E-state index is 0.00164. The van der Waals surface area contributed by atoms with Crippen molar-refractivity contribution in [3.05, 3.63) is 22.9 Å². The number of hydrogen-bond acceptors (Lipinski definition) is 4. The first-order valence-electron chi connectivity index (χ1n) is 8.72. The minimum atomic E-state index is -0.192. The van der Waals surface area contributed by atoms with Crippen LogP contribution in [-0.2, 0) is 14.4 Å². The maximum atomic E-state index is 12.8. The molecule has 0 aliphatic heterocycles. The predicted molar refractivity (Wildman–Crippen MR) is 85.5 cm³/mol. The molecule has 4 aliphatic rings. The van der Waals surface area contributed by atoms with E-state index in [0.717, 1.165) is 36.8 Å². The van der Waals surface area contributed by atoms with Crippen LogP contribution in [0.1, 0.15) is 45.4 Å². The van der Waals surface area contributed by atoms with E-state index in [2.05, 4.69) is 12.2 Å². The SMILES string of the molecule is CNC1=CC(=O)C2=C(C1=O)C1CCC3(C)C(=O)CCC3C1CC2. The molecule has 122 valence electrons. The van der Waals surface area contributed by atoms with Crippen molar-refractivity contribution in [3.8, 4) is 0 Å². The normalized spacial score (nSPS) is 39.7. The van der Waals surface area contributed by atoms with E-state index in [-0.39, 0.29) is 22.9 Å². The third-order valence-corrected chi connectivity index (χ3v) is 6.90. The number of carbonyl (C=O) groups is 3. The van der Waals surface area contributed by atoms with Crippen LogP contribution in [-0.4, -0.2) is 24.4 Å². The average molecular weight is 313 g/mol. The Morgan fingerprint density at radius 3 is 2.65 bits per heavy atom. The molecule has 4 rings (SSSR count). The van der Waals surface area contributed by atoms with Crippen LogP contribution in [0.15, 0.2) is 22.9 Å². The van der Waals surface area contributed by atoms with Crippen molar-refractivity contribution in [2.45, 2.75) is 45.4 Å². The second-order valence-corrected chi connectivity index (χ2v) is 7.73. The van der Waals surface area contributed by atoms with Crippen molar-refractivity contribution < 1.29 is 14.4 Å². The molecule has 4 unspecified atom stereocenters. The largest absolute Gasteiger partial charge is 0.385 e. The maximum absolute atomic E-state index is 12.8. The van der Waals surface area contributed by atoms with Gasteiger partial charge in [0.25, 0.3) is 0 Å². The van der Waals surface area contributed by atoms with Gasteiger partial charge in [0.15, 0.2) is 5.78 Å². The molecule has 2 fully saturated rings. The number of carbonyl (C=O) groups excluding carboxylic acids is 3. The highest BCUT2D eigenvalue weighted by Crippen LogP contribution is 2.59. The van der Waals surface area contributed by atoms with Gasteiger partial charge in [-0.3, -0.25) is 14.4 Å². The minimum Gasteiger partial charge on any atom is -0.385 e. The second kappa shape index (κ2) is 4.89. The second-order valence-electron chi connectivity index (χ2n) is 7.73. The molecule has 0 amide bonds. The summed E-state index contributed by atoms with van der Waals surface area (Å²) in [6.45, 7) is 2.12. The quantitative estimate of drug-likeness (QED) is 0.755. The number of rotatable bonds is 1. The molecule has 1 N–H and O–H groups in total. The Labute approximate surface area is 136 Å². The van der Waals surface area contributed by atoms with Gasteiger partial charge in [0.2, 0.25) is 5.78 Å². The van der Waals surface area contributed by atoms with Gasteiger partial charge in [0, 0.05) is 36.1 Å². The Bertz CT molecular complexity index is 687. The zero-order chi connectivity index (χ0) is 16.4. The fraction of sp³-hybridized carbons (Fsp3) is 0.632. The van der Waals surface area contributed by atoms with Crippen LogP contribution in [0.4, 0.5) is 0 Å². The molecule has 23 heavy (non-hydrogen) atoms. The lowest BCUT2D eigenvalue weighted by molar-refractivity contribution is -0.130. The predicted octanol–water partition coefficient (Wildman–Crippen LogP) is 2.34. The monoisotopic (exact) mass is 313 g/mol. The first-order valence-corrected chi connectivity index (χ1v) is 8.72. The van der Waals surface area contributed by atoms with Gasteiger partial charge < -0.3 is 5.32 Å². The van der Waals surface area contributed by atoms with Crippen LogP contribution in [0.2, 0.25) is 0 Å². The number of ketones is 3. The van der Waals surface area contributed by atoms with Crippen LogP contribution in [0.25, 0.3) is 0 Å². The van der Waals surface area contributed by atoms with E-state index in [9.17, 15) is 14.4 Å². The summed E-state index contributed by atoms with van der Waals surface area (Å²) in [5.74, 6) is 1.34. The number of Topliss-reactive ketones (excluding diaryl/α,β-unsaturated/α-hetero) is 2. The highest BCUT2D eigenvalue weighted by Gasteiger charge is 2.56. The van der Waals surface area contributed by atoms with Crippen molar-refractivity contribution >= 4 is 17.3 Å². The summed E-state index contributed by atoms with van der Waals surface area (Å²) < 4.78 is 0. The van der Waals surface area contributed by atoms with Gasteiger partial charge in [-0.25, -0.2) is 0 Å².